The highest BCUT2D eigenvalue weighted by Crippen LogP contribution is 2.35. The van der Waals surface area contributed by atoms with Crippen LogP contribution in [-0.4, -0.2) is 23.3 Å². The van der Waals surface area contributed by atoms with E-state index in [1.54, 1.807) is 18.2 Å². The van der Waals surface area contributed by atoms with Gasteiger partial charge in [0.1, 0.15) is 11.9 Å². The lowest BCUT2D eigenvalue weighted by Gasteiger charge is -2.25. The molecule has 1 N–H and O–H groups in total. The lowest BCUT2D eigenvalue weighted by Crippen LogP contribution is -2.39. The maximum atomic E-state index is 13.4. The first-order valence-electron chi connectivity index (χ1n) is 9.70. The van der Waals surface area contributed by atoms with E-state index in [0.717, 1.165) is 5.56 Å². The molecule has 1 unspecified atom stereocenters. The summed E-state index contributed by atoms with van der Waals surface area (Å²) >= 11 is 6.17. The molecule has 0 bridgehead atoms. The standard InChI is InChI=1S/C24H20ClFN2O2/c25-21-14-18(26)11-10-17(21)15-28-22(19-8-4-5-9-20(19)24(28)30)23(29)27-13-12-16-6-2-1-3-7-16/h1-11,14,22H,12-13,15H2,(H,27,29). The van der Waals surface area contributed by atoms with Gasteiger partial charge in [-0.2, -0.15) is 0 Å². The number of nitrogens with zero attached hydrogens (tertiary/aromatic N) is 1. The van der Waals surface area contributed by atoms with E-state index in [2.05, 4.69) is 5.32 Å². The summed E-state index contributed by atoms with van der Waals surface area (Å²) in [7, 11) is 0. The molecule has 4 rings (SSSR count). The molecule has 30 heavy (non-hydrogen) atoms. The van der Waals surface area contributed by atoms with E-state index in [4.69, 9.17) is 11.6 Å². The largest absolute Gasteiger partial charge is 0.354 e. The van der Waals surface area contributed by atoms with Gasteiger partial charge >= 0.3 is 0 Å². The van der Waals surface area contributed by atoms with Crippen LogP contribution in [0.5, 0.6) is 0 Å². The molecule has 0 fully saturated rings. The lowest BCUT2D eigenvalue weighted by atomic mass is 10.0. The molecule has 1 aliphatic heterocycles. The van der Waals surface area contributed by atoms with Gasteiger partial charge in [0.25, 0.3) is 5.91 Å². The summed E-state index contributed by atoms with van der Waals surface area (Å²) in [4.78, 5) is 27.6. The van der Waals surface area contributed by atoms with Crippen molar-refractivity contribution in [1.29, 1.82) is 0 Å². The molecule has 4 nitrogen and oxygen atoms in total. The van der Waals surface area contributed by atoms with Crippen molar-refractivity contribution in [3.63, 3.8) is 0 Å². The predicted octanol–water partition coefficient (Wildman–Crippen LogP) is 4.54. The molecule has 0 aliphatic carbocycles. The molecule has 1 heterocycles. The average Bonchev–Trinajstić information content (AvgIpc) is 3.03. The van der Waals surface area contributed by atoms with Crippen molar-refractivity contribution in [2.45, 2.75) is 19.0 Å². The van der Waals surface area contributed by atoms with Crippen molar-refractivity contribution in [3.05, 3.63) is 106 Å². The predicted molar refractivity (Wildman–Crippen MR) is 114 cm³/mol. The van der Waals surface area contributed by atoms with Crippen LogP contribution in [0.25, 0.3) is 0 Å². The van der Waals surface area contributed by atoms with Crippen LogP contribution in [-0.2, 0) is 17.8 Å². The summed E-state index contributed by atoms with van der Waals surface area (Å²) in [5.74, 6) is -0.938. The van der Waals surface area contributed by atoms with Crippen LogP contribution in [0.3, 0.4) is 0 Å². The van der Waals surface area contributed by atoms with E-state index >= 15 is 0 Å². The molecule has 2 amide bonds. The van der Waals surface area contributed by atoms with Gasteiger partial charge in [-0.25, -0.2) is 4.39 Å². The number of hydrogen-bond acceptors (Lipinski definition) is 2. The minimum absolute atomic E-state index is 0.114. The normalized spacial score (nSPS) is 15.2. The Morgan fingerprint density at radius 3 is 2.53 bits per heavy atom. The minimum Gasteiger partial charge on any atom is -0.354 e. The Morgan fingerprint density at radius 2 is 1.77 bits per heavy atom. The third kappa shape index (κ3) is 4.07. The first-order chi connectivity index (χ1) is 14.5. The van der Waals surface area contributed by atoms with Crippen molar-refractivity contribution in [3.8, 4) is 0 Å². The summed E-state index contributed by atoms with van der Waals surface area (Å²) in [6.07, 6.45) is 0.693. The van der Waals surface area contributed by atoms with E-state index in [1.165, 1.54) is 23.1 Å². The Balaban J connectivity index is 1.55. The Kier molecular flexibility index (Phi) is 5.81. The summed E-state index contributed by atoms with van der Waals surface area (Å²) in [6, 6.07) is 20.2. The van der Waals surface area contributed by atoms with E-state index < -0.39 is 11.9 Å². The van der Waals surface area contributed by atoms with E-state index in [-0.39, 0.29) is 23.4 Å². The Labute approximate surface area is 179 Å². The summed E-state index contributed by atoms with van der Waals surface area (Å²) in [5.41, 5.74) is 2.87. The van der Waals surface area contributed by atoms with Crippen LogP contribution in [0.2, 0.25) is 5.02 Å². The van der Waals surface area contributed by atoms with Crippen LogP contribution in [0.4, 0.5) is 4.39 Å². The number of halogens is 2. The monoisotopic (exact) mass is 422 g/mol. The highest BCUT2D eigenvalue weighted by atomic mass is 35.5. The van der Waals surface area contributed by atoms with Gasteiger partial charge in [0.2, 0.25) is 5.91 Å². The molecule has 0 saturated heterocycles. The summed E-state index contributed by atoms with van der Waals surface area (Å²) < 4.78 is 13.4. The summed E-state index contributed by atoms with van der Waals surface area (Å²) in [5, 5.41) is 3.17. The fourth-order valence-electron chi connectivity index (χ4n) is 3.72. The molecule has 0 saturated carbocycles. The number of fused-ring (bicyclic) bond motifs is 1. The molecule has 152 valence electrons. The van der Waals surface area contributed by atoms with Crippen molar-refractivity contribution in [2.24, 2.45) is 0 Å². The molecule has 1 aliphatic rings. The number of rotatable bonds is 6. The average molecular weight is 423 g/mol. The third-order valence-electron chi connectivity index (χ3n) is 5.22. The second-order valence-electron chi connectivity index (χ2n) is 7.19. The Bertz CT molecular complexity index is 1090. The first kappa shape index (κ1) is 20.1. The van der Waals surface area contributed by atoms with Crippen molar-refractivity contribution < 1.29 is 14.0 Å². The molecule has 0 radical (unpaired) electrons. The van der Waals surface area contributed by atoms with Crippen molar-refractivity contribution in [2.75, 3.05) is 6.54 Å². The number of nitrogens with one attached hydrogen (secondary N) is 1. The van der Waals surface area contributed by atoms with Crippen LogP contribution in [0.1, 0.15) is 33.1 Å². The van der Waals surface area contributed by atoms with E-state index in [0.29, 0.717) is 29.7 Å². The van der Waals surface area contributed by atoms with Gasteiger partial charge < -0.3 is 10.2 Å². The fourth-order valence-corrected chi connectivity index (χ4v) is 3.95. The van der Waals surface area contributed by atoms with E-state index in [9.17, 15) is 14.0 Å². The highest BCUT2D eigenvalue weighted by molar-refractivity contribution is 6.31. The van der Waals surface area contributed by atoms with Gasteiger partial charge in [0.15, 0.2) is 0 Å². The van der Waals surface area contributed by atoms with Crippen LogP contribution in [0.15, 0.2) is 72.8 Å². The molecule has 0 aromatic heterocycles. The number of hydrogen-bond donors (Lipinski definition) is 1. The molecular formula is C24H20ClFN2O2. The van der Waals surface area contributed by atoms with Gasteiger partial charge in [0.05, 0.1) is 0 Å². The lowest BCUT2D eigenvalue weighted by molar-refractivity contribution is -0.125. The SMILES string of the molecule is O=C(NCCc1ccccc1)C1c2ccccc2C(=O)N1Cc1ccc(F)cc1Cl. The zero-order chi connectivity index (χ0) is 21.1. The third-order valence-corrected chi connectivity index (χ3v) is 5.57. The zero-order valence-electron chi connectivity index (χ0n) is 16.1. The van der Waals surface area contributed by atoms with Gasteiger partial charge in [-0.1, -0.05) is 66.2 Å². The van der Waals surface area contributed by atoms with E-state index in [1.807, 2.05) is 36.4 Å². The molecule has 3 aromatic carbocycles. The van der Waals surface area contributed by atoms with Crippen LogP contribution < -0.4 is 5.32 Å². The molecule has 0 spiro atoms. The summed E-state index contributed by atoms with van der Waals surface area (Å²) in [6.45, 7) is 0.574. The van der Waals surface area contributed by atoms with Crippen LogP contribution in [0, 0.1) is 5.82 Å². The maximum Gasteiger partial charge on any atom is 0.255 e. The smallest absolute Gasteiger partial charge is 0.255 e. The number of amides is 2. The highest BCUT2D eigenvalue weighted by Gasteiger charge is 2.40. The fraction of sp³-hybridized carbons (Fsp3) is 0.167. The quantitative estimate of drug-likeness (QED) is 0.634. The number of carbonyl (C=O) groups is 2. The second kappa shape index (κ2) is 8.67. The minimum atomic E-state index is -0.759. The second-order valence-corrected chi connectivity index (χ2v) is 7.59. The van der Waals surface area contributed by atoms with Gasteiger partial charge in [-0.3, -0.25) is 9.59 Å². The Morgan fingerprint density at radius 1 is 1.03 bits per heavy atom. The number of carbonyl (C=O) groups excluding carboxylic acids is 2. The van der Waals surface area contributed by atoms with Gasteiger partial charge in [-0.05, 0) is 41.3 Å². The van der Waals surface area contributed by atoms with Crippen molar-refractivity contribution in [1.82, 2.24) is 10.2 Å². The van der Waals surface area contributed by atoms with Crippen molar-refractivity contribution >= 4 is 23.4 Å². The van der Waals surface area contributed by atoms with Gasteiger partial charge in [0, 0.05) is 23.7 Å². The molecule has 1 atom stereocenters. The topological polar surface area (TPSA) is 49.4 Å². The zero-order valence-corrected chi connectivity index (χ0v) is 16.9. The molecule has 3 aromatic rings. The first-order valence-corrected chi connectivity index (χ1v) is 10.1. The number of benzene rings is 3. The molecular weight excluding hydrogens is 403 g/mol. The molecule has 6 heteroatoms. The van der Waals surface area contributed by atoms with Crippen LogP contribution >= 0.6 is 11.6 Å². The Hall–Kier alpha value is -3.18. The van der Waals surface area contributed by atoms with Gasteiger partial charge in [-0.15, -0.1) is 0 Å². The maximum absolute atomic E-state index is 13.4.